The number of alkyl halides is 3. The number of nitrogens with one attached hydrogen (secondary N) is 1. The van der Waals surface area contributed by atoms with Crippen molar-refractivity contribution in [3.63, 3.8) is 0 Å². The van der Waals surface area contributed by atoms with E-state index < -0.39 is 17.8 Å². The lowest BCUT2D eigenvalue weighted by atomic mass is 10.1. The number of nitrogens with zero attached hydrogens (tertiary/aromatic N) is 1. The van der Waals surface area contributed by atoms with Crippen molar-refractivity contribution < 1.29 is 18.3 Å². The minimum Gasteiger partial charge on any atom is -0.380 e. The number of imidazole rings is 1. The van der Waals surface area contributed by atoms with Crippen LogP contribution >= 0.6 is 0 Å². The van der Waals surface area contributed by atoms with Crippen LogP contribution in [0.5, 0.6) is 0 Å². The second-order valence-corrected chi connectivity index (χ2v) is 5.75. The monoisotopic (exact) mass is 346 g/mol. The fraction of sp³-hybridized carbons (Fsp3) is 0.211. The van der Waals surface area contributed by atoms with E-state index in [4.69, 9.17) is 0 Å². The maximum absolute atomic E-state index is 12.6. The molecular formula is C19H17F3N2O. The van der Waals surface area contributed by atoms with E-state index in [-0.39, 0.29) is 0 Å². The predicted molar refractivity (Wildman–Crippen MR) is 88.9 cm³/mol. The number of halogens is 3. The molecule has 6 heteroatoms. The van der Waals surface area contributed by atoms with Gasteiger partial charge in [-0.25, -0.2) is 4.98 Å². The first-order valence-electron chi connectivity index (χ1n) is 7.88. The molecule has 130 valence electrons. The highest BCUT2D eigenvalue weighted by atomic mass is 19.4. The van der Waals surface area contributed by atoms with E-state index in [1.807, 2.05) is 31.2 Å². The van der Waals surface area contributed by atoms with Gasteiger partial charge in [-0.2, -0.15) is 13.2 Å². The topological polar surface area (TPSA) is 48.9 Å². The largest absolute Gasteiger partial charge is 0.416 e. The highest BCUT2D eigenvalue weighted by molar-refractivity contribution is 5.59. The summed E-state index contributed by atoms with van der Waals surface area (Å²) in [5.74, 6) is 0.346. The molecule has 0 aliphatic carbocycles. The number of hydrogen-bond acceptors (Lipinski definition) is 2. The van der Waals surface area contributed by atoms with Crippen LogP contribution in [0.15, 0.2) is 54.7 Å². The number of aryl methyl sites for hydroxylation is 1. The Hall–Kier alpha value is -2.60. The van der Waals surface area contributed by atoms with E-state index in [9.17, 15) is 18.3 Å². The lowest BCUT2D eigenvalue weighted by Gasteiger charge is -2.09. The van der Waals surface area contributed by atoms with Gasteiger partial charge in [-0.05, 0) is 35.2 Å². The number of H-pyrrole nitrogens is 1. The molecule has 0 fully saturated rings. The van der Waals surface area contributed by atoms with Gasteiger partial charge < -0.3 is 10.1 Å². The number of aromatic nitrogens is 2. The second-order valence-electron chi connectivity index (χ2n) is 5.75. The van der Waals surface area contributed by atoms with Crippen LogP contribution in [0, 0.1) is 0 Å². The Morgan fingerprint density at radius 2 is 1.68 bits per heavy atom. The first-order valence-corrected chi connectivity index (χ1v) is 7.88. The van der Waals surface area contributed by atoms with Crippen molar-refractivity contribution >= 4 is 0 Å². The molecule has 1 atom stereocenters. The zero-order chi connectivity index (χ0) is 18.0. The summed E-state index contributed by atoms with van der Waals surface area (Å²) >= 11 is 0. The molecule has 0 aliphatic rings. The molecule has 1 aromatic heterocycles. The fourth-order valence-electron chi connectivity index (χ4n) is 2.55. The second kappa shape index (κ2) is 6.72. The van der Waals surface area contributed by atoms with Crippen molar-refractivity contribution in [3.05, 3.63) is 77.2 Å². The Morgan fingerprint density at radius 3 is 2.24 bits per heavy atom. The minimum atomic E-state index is -4.36. The highest BCUT2D eigenvalue weighted by Gasteiger charge is 2.30. The molecule has 0 amide bonds. The Kier molecular flexibility index (Phi) is 4.63. The van der Waals surface area contributed by atoms with E-state index in [0.717, 1.165) is 18.6 Å². The van der Waals surface area contributed by atoms with Gasteiger partial charge in [0.1, 0.15) is 11.9 Å². The fourth-order valence-corrected chi connectivity index (χ4v) is 2.55. The summed E-state index contributed by atoms with van der Waals surface area (Å²) in [5.41, 5.74) is 2.28. The zero-order valence-electron chi connectivity index (χ0n) is 13.5. The lowest BCUT2D eigenvalue weighted by Crippen LogP contribution is -2.04. The van der Waals surface area contributed by atoms with Crippen molar-refractivity contribution in [2.75, 3.05) is 0 Å². The van der Waals surface area contributed by atoms with Gasteiger partial charge in [0.25, 0.3) is 0 Å². The third-order valence-electron chi connectivity index (χ3n) is 4.08. The van der Waals surface area contributed by atoms with Gasteiger partial charge in [0.15, 0.2) is 0 Å². The number of hydrogen-bond donors (Lipinski definition) is 2. The summed E-state index contributed by atoms with van der Waals surface area (Å²) in [5, 5.41) is 10.4. The predicted octanol–water partition coefficient (Wildman–Crippen LogP) is 4.74. The smallest absolute Gasteiger partial charge is 0.380 e. The van der Waals surface area contributed by atoms with Gasteiger partial charge in [0, 0.05) is 0 Å². The molecule has 2 aromatic carbocycles. The Labute approximate surface area is 143 Å². The molecule has 0 saturated heterocycles. The maximum atomic E-state index is 12.6. The number of aliphatic hydroxyl groups excluding tert-OH is 1. The summed E-state index contributed by atoms with van der Waals surface area (Å²) in [6.45, 7) is 2.05. The molecule has 0 spiro atoms. The molecule has 3 rings (SSSR count). The van der Waals surface area contributed by atoms with Gasteiger partial charge in [-0.15, -0.1) is 0 Å². The third kappa shape index (κ3) is 3.74. The molecule has 1 unspecified atom stereocenters. The molecule has 25 heavy (non-hydrogen) atoms. The van der Waals surface area contributed by atoms with Crippen LogP contribution in [-0.2, 0) is 12.6 Å². The molecule has 3 nitrogen and oxygen atoms in total. The lowest BCUT2D eigenvalue weighted by molar-refractivity contribution is -0.137. The van der Waals surface area contributed by atoms with Crippen molar-refractivity contribution in [1.82, 2.24) is 9.97 Å². The Bertz CT molecular complexity index is 836. The average molecular weight is 346 g/mol. The van der Waals surface area contributed by atoms with E-state index in [0.29, 0.717) is 22.6 Å². The Balaban J connectivity index is 1.81. The van der Waals surface area contributed by atoms with Gasteiger partial charge in [-0.1, -0.05) is 43.3 Å². The van der Waals surface area contributed by atoms with Gasteiger partial charge in [0.2, 0.25) is 0 Å². The van der Waals surface area contributed by atoms with Crippen molar-refractivity contribution in [1.29, 1.82) is 0 Å². The van der Waals surface area contributed by atoms with Gasteiger partial charge in [0.05, 0.1) is 17.5 Å². The summed E-state index contributed by atoms with van der Waals surface area (Å²) in [7, 11) is 0. The maximum Gasteiger partial charge on any atom is 0.416 e. The highest BCUT2D eigenvalue weighted by Crippen LogP contribution is 2.31. The van der Waals surface area contributed by atoms with Crippen LogP contribution in [0.2, 0.25) is 0 Å². The van der Waals surface area contributed by atoms with E-state index >= 15 is 0 Å². The van der Waals surface area contributed by atoms with Crippen molar-refractivity contribution in [2.24, 2.45) is 0 Å². The van der Waals surface area contributed by atoms with Crippen LogP contribution in [0.25, 0.3) is 11.3 Å². The summed E-state index contributed by atoms with van der Waals surface area (Å²) in [4.78, 5) is 7.13. The molecule has 0 saturated carbocycles. The van der Waals surface area contributed by atoms with Gasteiger partial charge >= 0.3 is 6.18 Å². The summed E-state index contributed by atoms with van der Waals surface area (Å²) in [6.07, 6.45) is -2.87. The summed E-state index contributed by atoms with van der Waals surface area (Å²) < 4.78 is 37.9. The van der Waals surface area contributed by atoms with E-state index in [1.165, 1.54) is 23.9 Å². The van der Waals surface area contributed by atoms with Crippen LogP contribution in [-0.4, -0.2) is 15.1 Å². The zero-order valence-corrected chi connectivity index (χ0v) is 13.5. The quantitative estimate of drug-likeness (QED) is 0.717. The average Bonchev–Trinajstić information content (AvgIpc) is 3.10. The van der Waals surface area contributed by atoms with Crippen LogP contribution < -0.4 is 0 Å². The van der Waals surface area contributed by atoms with Crippen molar-refractivity contribution in [3.8, 4) is 11.3 Å². The van der Waals surface area contributed by atoms with Crippen LogP contribution in [0.1, 0.15) is 35.5 Å². The van der Waals surface area contributed by atoms with E-state index in [1.54, 1.807) is 0 Å². The number of rotatable bonds is 4. The first-order chi connectivity index (χ1) is 11.9. The summed E-state index contributed by atoms with van der Waals surface area (Å²) in [6, 6.07) is 12.4. The number of benzene rings is 2. The minimum absolute atomic E-state index is 0.346. The normalized spacial score (nSPS) is 13.0. The standard InChI is InChI=1S/C19H17F3N2O/c1-2-12-3-5-14(6-4-12)17(25)18-23-11-16(24-18)13-7-9-15(10-8-13)19(20,21)22/h3-11,17,25H,2H2,1H3,(H,23,24). The molecule has 0 aliphatic heterocycles. The number of aliphatic hydroxyl groups is 1. The van der Waals surface area contributed by atoms with Gasteiger partial charge in [-0.3, -0.25) is 0 Å². The molecular weight excluding hydrogens is 329 g/mol. The molecule has 2 N–H and O–H groups in total. The molecule has 3 aromatic rings. The molecule has 1 heterocycles. The SMILES string of the molecule is CCc1ccc(C(O)c2ncc(-c3ccc(C(F)(F)F)cc3)[nH]2)cc1. The number of aromatic amines is 1. The molecule has 0 radical (unpaired) electrons. The van der Waals surface area contributed by atoms with Crippen LogP contribution in [0.4, 0.5) is 13.2 Å². The third-order valence-corrected chi connectivity index (χ3v) is 4.08. The first kappa shape index (κ1) is 17.2. The van der Waals surface area contributed by atoms with Crippen LogP contribution in [0.3, 0.4) is 0 Å². The van der Waals surface area contributed by atoms with Crippen molar-refractivity contribution in [2.45, 2.75) is 25.6 Å². The Morgan fingerprint density at radius 1 is 1.04 bits per heavy atom. The van der Waals surface area contributed by atoms with E-state index in [2.05, 4.69) is 9.97 Å². The molecule has 0 bridgehead atoms.